The Hall–Kier alpha value is -6.07. The molecule has 0 atom stereocenters. The summed E-state index contributed by atoms with van der Waals surface area (Å²) in [6.07, 6.45) is 0. The largest absolute Gasteiger partial charge is 0.309 e. The third kappa shape index (κ3) is 4.43. The Morgan fingerprint density at radius 2 is 0.958 bits per heavy atom. The number of rotatable bonds is 4. The van der Waals surface area contributed by atoms with Crippen molar-refractivity contribution in [2.75, 3.05) is 0 Å². The van der Waals surface area contributed by atoms with Gasteiger partial charge in [0.05, 0.1) is 27.8 Å². The molecule has 3 heterocycles. The van der Waals surface area contributed by atoms with E-state index in [0.717, 1.165) is 39.4 Å². The van der Waals surface area contributed by atoms with Crippen LogP contribution in [-0.4, -0.2) is 24.1 Å². The van der Waals surface area contributed by atoms with Gasteiger partial charge in [-0.2, -0.15) is 0 Å². The van der Waals surface area contributed by atoms with Crippen LogP contribution in [0.2, 0.25) is 0 Å². The van der Waals surface area contributed by atoms with Crippen LogP contribution in [0.15, 0.2) is 146 Å². The Morgan fingerprint density at radius 3 is 1.60 bits per heavy atom. The monoisotopic (exact) mass is 619 g/mol. The predicted molar refractivity (Wildman–Crippen MR) is 198 cm³/mol. The van der Waals surface area contributed by atoms with Crippen molar-refractivity contribution in [1.29, 1.82) is 0 Å². The van der Waals surface area contributed by atoms with Crippen LogP contribution >= 0.6 is 0 Å². The minimum Gasteiger partial charge on any atom is -0.309 e. The lowest BCUT2D eigenvalue weighted by molar-refractivity contribution is 0.543. The van der Waals surface area contributed by atoms with Crippen LogP contribution in [0.4, 0.5) is 0 Å². The fourth-order valence-electron chi connectivity index (χ4n) is 6.96. The van der Waals surface area contributed by atoms with Crippen LogP contribution in [0.1, 0.15) is 26.6 Å². The molecule has 5 nitrogen and oxygen atoms in total. The van der Waals surface area contributed by atoms with E-state index in [9.17, 15) is 0 Å². The van der Waals surface area contributed by atoms with E-state index in [4.69, 9.17) is 15.0 Å². The van der Waals surface area contributed by atoms with Gasteiger partial charge < -0.3 is 9.13 Å². The molecule has 5 heteroatoms. The number of benzene rings is 6. The molecule has 0 aliphatic heterocycles. The first-order valence-electron chi connectivity index (χ1n) is 16.4. The lowest BCUT2D eigenvalue weighted by Gasteiger charge is -2.19. The van der Waals surface area contributed by atoms with Gasteiger partial charge in [0.15, 0.2) is 11.6 Å². The van der Waals surface area contributed by atoms with Crippen molar-refractivity contribution >= 4 is 43.6 Å². The molecule has 0 aliphatic carbocycles. The second kappa shape index (κ2) is 10.7. The maximum Gasteiger partial charge on any atom is 0.165 e. The van der Waals surface area contributed by atoms with E-state index < -0.39 is 0 Å². The highest BCUT2D eigenvalue weighted by Crippen LogP contribution is 2.39. The van der Waals surface area contributed by atoms with Gasteiger partial charge >= 0.3 is 0 Å². The standard InChI is InChI=1S/C43H33N5/c1-43(2,3)42-45-40(28-15-5-4-6-16-28)44-41(46-42)34-20-10-14-24-38(34)48-37-23-13-9-19-32(37)33-26-25-29(27-39(33)48)47-35-21-11-7-17-30(35)31-18-8-12-22-36(31)47/h4-27H,1-3H3. The molecule has 0 saturated carbocycles. The summed E-state index contributed by atoms with van der Waals surface area (Å²) in [5.74, 6) is 2.10. The van der Waals surface area contributed by atoms with Crippen LogP contribution in [0, 0.1) is 0 Å². The molecule has 0 aliphatic rings. The number of hydrogen-bond donors (Lipinski definition) is 0. The van der Waals surface area contributed by atoms with Crippen molar-refractivity contribution in [3.8, 4) is 34.2 Å². The van der Waals surface area contributed by atoms with Crippen molar-refractivity contribution in [3.05, 3.63) is 151 Å². The van der Waals surface area contributed by atoms with E-state index in [-0.39, 0.29) is 5.41 Å². The van der Waals surface area contributed by atoms with Crippen molar-refractivity contribution in [1.82, 2.24) is 24.1 Å². The van der Waals surface area contributed by atoms with Crippen LogP contribution in [0.25, 0.3) is 77.8 Å². The van der Waals surface area contributed by atoms with Crippen LogP contribution in [0.3, 0.4) is 0 Å². The van der Waals surface area contributed by atoms with Gasteiger partial charge in [-0.1, -0.05) is 124 Å². The van der Waals surface area contributed by atoms with E-state index in [1.165, 1.54) is 32.6 Å². The molecule has 3 aromatic heterocycles. The van der Waals surface area contributed by atoms with E-state index in [0.29, 0.717) is 11.6 Å². The van der Waals surface area contributed by atoms with Crippen molar-refractivity contribution in [2.45, 2.75) is 26.2 Å². The van der Waals surface area contributed by atoms with Crippen LogP contribution < -0.4 is 0 Å². The third-order valence-corrected chi connectivity index (χ3v) is 9.22. The molecule has 0 radical (unpaired) electrons. The van der Waals surface area contributed by atoms with Crippen molar-refractivity contribution in [3.63, 3.8) is 0 Å². The number of nitrogens with zero attached hydrogens (tertiary/aromatic N) is 5. The van der Waals surface area contributed by atoms with E-state index in [1.807, 2.05) is 18.2 Å². The minimum atomic E-state index is -0.264. The second-order valence-electron chi connectivity index (χ2n) is 13.4. The van der Waals surface area contributed by atoms with E-state index >= 15 is 0 Å². The average molecular weight is 620 g/mol. The van der Waals surface area contributed by atoms with Crippen LogP contribution in [0.5, 0.6) is 0 Å². The molecule has 0 N–H and O–H groups in total. The molecule has 0 amide bonds. The van der Waals surface area contributed by atoms with Gasteiger partial charge in [0.1, 0.15) is 5.82 Å². The highest BCUT2D eigenvalue weighted by Gasteiger charge is 2.23. The molecular weight excluding hydrogens is 587 g/mol. The highest BCUT2D eigenvalue weighted by atomic mass is 15.1. The Kier molecular flexibility index (Phi) is 6.31. The molecule has 9 rings (SSSR count). The fraction of sp³-hybridized carbons (Fsp3) is 0.0930. The molecule has 0 spiro atoms. The summed E-state index contributed by atoms with van der Waals surface area (Å²) in [7, 11) is 0. The lowest BCUT2D eigenvalue weighted by Crippen LogP contribution is -2.18. The summed E-state index contributed by atoms with van der Waals surface area (Å²) in [6.45, 7) is 6.45. The Labute approximate surface area is 278 Å². The first-order chi connectivity index (χ1) is 23.5. The summed E-state index contributed by atoms with van der Waals surface area (Å²) in [5, 5.41) is 4.89. The van der Waals surface area contributed by atoms with Crippen molar-refractivity contribution in [2.24, 2.45) is 0 Å². The molecule has 48 heavy (non-hydrogen) atoms. The van der Waals surface area contributed by atoms with Gasteiger partial charge in [-0.3, -0.25) is 0 Å². The SMILES string of the molecule is CC(C)(C)c1nc(-c2ccccc2)nc(-c2ccccc2-n2c3ccccc3c3ccc(-n4c5ccccc5c5ccccc54)cc32)n1. The molecular formula is C43H33N5. The summed E-state index contributed by atoms with van der Waals surface area (Å²) in [4.78, 5) is 15.2. The Morgan fingerprint density at radius 1 is 0.438 bits per heavy atom. The van der Waals surface area contributed by atoms with Crippen molar-refractivity contribution < 1.29 is 0 Å². The summed E-state index contributed by atoms with van der Waals surface area (Å²) in [5.41, 5.74) is 8.42. The molecule has 0 bridgehead atoms. The van der Waals surface area contributed by atoms with E-state index in [1.54, 1.807) is 0 Å². The minimum absolute atomic E-state index is 0.264. The summed E-state index contributed by atoms with van der Waals surface area (Å²) < 4.78 is 4.76. The molecule has 9 aromatic rings. The van der Waals surface area contributed by atoms with Gasteiger partial charge in [-0.05, 0) is 42.5 Å². The molecule has 0 fully saturated rings. The second-order valence-corrected chi connectivity index (χ2v) is 13.4. The number of hydrogen-bond acceptors (Lipinski definition) is 3. The average Bonchev–Trinajstić information content (AvgIpc) is 3.64. The zero-order valence-corrected chi connectivity index (χ0v) is 27.1. The maximum absolute atomic E-state index is 5.12. The first-order valence-corrected chi connectivity index (χ1v) is 16.4. The predicted octanol–water partition coefficient (Wildman–Crippen LogP) is 10.7. The highest BCUT2D eigenvalue weighted by molar-refractivity contribution is 6.12. The van der Waals surface area contributed by atoms with Crippen LogP contribution in [-0.2, 0) is 5.41 Å². The normalized spacial score (nSPS) is 12.1. The third-order valence-electron chi connectivity index (χ3n) is 9.22. The van der Waals surface area contributed by atoms with Gasteiger partial charge in [-0.15, -0.1) is 0 Å². The summed E-state index contributed by atoms with van der Waals surface area (Å²) in [6, 6.07) is 51.5. The van der Waals surface area contributed by atoms with Gasteiger partial charge in [0.2, 0.25) is 0 Å². The van der Waals surface area contributed by atoms with Gasteiger partial charge in [-0.25, -0.2) is 15.0 Å². The fourth-order valence-corrected chi connectivity index (χ4v) is 6.96. The maximum atomic E-state index is 5.12. The summed E-state index contributed by atoms with van der Waals surface area (Å²) >= 11 is 0. The number of para-hydroxylation sites is 4. The molecule has 0 unspecified atom stereocenters. The first kappa shape index (κ1) is 28.2. The number of fused-ring (bicyclic) bond motifs is 6. The zero-order chi connectivity index (χ0) is 32.4. The lowest BCUT2D eigenvalue weighted by atomic mass is 9.95. The molecule has 6 aromatic carbocycles. The Bertz CT molecular complexity index is 2600. The van der Waals surface area contributed by atoms with E-state index in [2.05, 4.69) is 157 Å². The number of aromatic nitrogens is 5. The topological polar surface area (TPSA) is 48.5 Å². The van der Waals surface area contributed by atoms with Gasteiger partial charge in [0.25, 0.3) is 0 Å². The molecule has 230 valence electrons. The quantitative estimate of drug-likeness (QED) is 0.197. The van der Waals surface area contributed by atoms with Gasteiger partial charge in [0, 0.05) is 43.8 Å². The zero-order valence-electron chi connectivity index (χ0n) is 27.1. The molecule has 0 saturated heterocycles. The smallest absolute Gasteiger partial charge is 0.165 e. The Balaban J connectivity index is 1.33.